The zero-order chi connectivity index (χ0) is 13.2. The van der Waals surface area contributed by atoms with Gasteiger partial charge in [-0.2, -0.15) is 0 Å². The van der Waals surface area contributed by atoms with Gasteiger partial charge in [0.05, 0.1) is 0 Å². The van der Waals surface area contributed by atoms with Gasteiger partial charge in [-0.15, -0.1) is 0 Å². The van der Waals surface area contributed by atoms with Crippen molar-refractivity contribution in [2.45, 2.75) is 44.6 Å². The molecule has 0 spiro atoms. The first-order valence-electron chi connectivity index (χ1n) is 7.85. The summed E-state index contributed by atoms with van der Waals surface area (Å²) in [5.74, 6) is 1.76. The molecular formula is C17H26N2. The van der Waals surface area contributed by atoms with E-state index in [0.29, 0.717) is 6.04 Å². The lowest BCUT2D eigenvalue weighted by Crippen LogP contribution is -2.35. The Kier molecular flexibility index (Phi) is 3.90. The molecule has 2 fully saturated rings. The minimum absolute atomic E-state index is 0.407. The van der Waals surface area contributed by atoms with E-state index in [0.717, 1.165) is 24.9 Å². The van der Waals surface area contributed by atoms with Gasteiger partial charge in [0.1, 0.15) is 0 Å². The van der Waals surface area contributed by atoms with Gasteiger partial charge in [-0.1, -0.05) is 31.2 Å². The standard InChI is InChI=1S/C17H26N2/c1-2-19(12-13-6-7-13)17(11-18)16-5-3-4-15(10-16)14-8-9-14/h3-5,10,13-14,17H,2,6-9,11-12,18H2,1H3. The molecule has 0 amide bonds. The van der Waals surface area contributed by atoms with Crippen molar-refractivity contribution < 1.29 is 0 Å². The van der Waals surface area contributed by atoms with Crippen molar-refractivity contribution in [1.29, 1.82) is 0 Å². The molecule has 0 aromatic heterocycles. The first-order valence-corrected chi connectivity index (χ1v) is 7.85. The Labute approximate surface area is 117 Å². The van der Waals surface area contributed by atoms with Crippen LogP contribution in [0.1, 0.15) is 55.7 Å². The van der Waals surface area contributed by atoms with Crippen LogP contribution in [0.2, 0.25) is 0 Å². The highest BCUT2D eigenvalue weighted by molar-refractivity contribution is 5.31. The SMILES string of the molecule is CCN(CC1CC1)C(CN)c1cccc(C2CC2)c1. The maximum absolute atomic E-state index is 6.08. The van der Waals surface area contributed by atoms with Crippen molar-refractivity contribution in [3.8, 4) is 0 Å². The van der Waals surface area contributed by atoms with Crippen molar-refractivity contribution in [3.63, 3.8) is 0 Å². The minimum Gasteiger partial charge on any atom is -0.329 e. The number of hydrogen-bond donors (Lipinski definition) is 1. The molecular weight excluding hydrogens is 232 g/mol. The summed E-state index contributed by atoms with van der Waals surface area (Å²) in [5.41, 5.74) is 9.03. The fraction of sp³-hybridized carbons (Fsp3) is 0.647. The largest absolute Gasteiger partial charge is 0.329 e. The summed E-state index contributed by atoms with van der Waals surface area (Å²) in [5, 5.41) is 0. The van der Waals surface area contributed by atoms with Crippen molar-refractivity contribution in [3.05, 3.63) is 35.4 Å². The lowest BCUT2D eigenvalue weighted by atomic mass is 10.00. The summed E-state index contributed by atoms with van der Waals surface area (Å²) in [6.45, 7) is 5.32. The van der Waals surface area contributed by atoms with E-state index >= 15 is 0 Å². The van der Waals surface area contributed by atoms with Gasteiger partial charge in [0, 0.05) is 19.1 Å². The summed E-state index contributed by atoms with van der Waals surface area (Å²) >= 11 is 0. The normalized spacial score (nSPS) is 20.8. The maximum atomic E-state index is 6.08. The third-order valence-electron chi connectivity index (χ3n) is 4.60. The van der Waals surface area contributed by atoms with Crippen molar-refractivity contribution in [2.75, 3.05) is 19.6 Å². The van der Waals surface area contributed by atoms with Crippen LogP contribution in [-0.4, -0.2) is 24.5 Å². The van der Waals surface area contributed by atoms with Gasteiger partial charge in [-0.25, -0.2) is 0 Å². The second-order valence-corrected chi connectivity index (χ2v) is 6.23. The number of nitrogens with two attached hydrogens (primary N) is 1. The van der Waals surface area contributed by atoms with Crippen LogP contribution in [0.5, 0.6) is 0 Å². The van der Waals surface area contributed by atoms with Gasteiger partial charge in [-0.3, -0.25) is 4.90 Å². The first-order chi connectivity index (χ1) is 9.31. The molecule has 0 heterocycles. The number of hydrogen-bond acceptors (Lipinski definition) is 2. The predicted molar refractivity (Wildman–Crippen MR) is 80.2 cm³/mol. The van der Waals surface area contributed by atoms with Crippen LogP contribution in [0.15, 0.2) is 24.3 Å². The van der Waals surface area contributed by atoms with Gasteiger partial charge in [0.25, 0.3) is 0 Å². The molecule has 0 saturated heterocycles. The molecule has 2 heteroatoms. The Morgan fingerprint density at radius 3 is 2.63 bits per heavy atom. The van der Waals surface area contributed by atoms with Gasteiger partial charge in [-0.05, 0) is 55.2 Å². The van der Waals surface area contributed by atoms with Crippen LogP contribution in [0, 0.1) is 5.92 Å². The van der Waals surface area contributed by atoms with Crippen molar-refractivity contribution in [1.82, 2.24) is 4.90 Å². The molecule has 1 atom stereocenters. The molecule has 0 aliphatic heterocycles. The molecule has 0 radical (unpaired) electrons. The summed E-state index contributed by atoms with van der Waals surface area (Å²) in [6.07, 6.45) is 5.57. The molecule has 2 N–H and O–H groups in total. The zero-order valence-corrected chi connectivity index (χ0v) is 12.0. The van der Waals surface area contributed by atoms with Crippen LogP contribution in [0.25, 0.3) is 0 Å². The van der Waals surface area contributed by atoms with E-state index in [4.69, 9.17) is 5.73 Å². The molecule has 2 aliphatic carbocycles. The van der Waals surface area contributed by atoms with E-state index in [9.17, 15) is 0 Å². The molecule has 104 valence electrons. The summed E-state index contributed by atoms with van der Waals surface area (Å²) < 4.78 is 0. The third-order valence-corrected chi connectivity index (χ3v) is 4.60. The van der Waals surface area contributed by atoms with Gasteiger partial charge in [0.15, 0.2) is 0 Å². The highest BCUT2D eigenvalue weighted by Crippen LogP contribution is 2.41. The Hall–Kier alpha value is -0.860. The fourth-order valence-corrected chi connectivity index (χ4v) is 3.04. The van der Waals surface area contributed by atoms with Gasteiger partial charge >= 0.3 is 0 Å². The smallest absolute Gasteiger partial charge is 0.0470 e. The second kappa shape index (κ2) is 5.64. The Balaban J connectivity index is 1.76. The van der Waals surface area contributed by atoms with Gasteiger partial charge in [0.2, 0.25) is 0 Å². The van der Waals surface area contributed by atoms with E-state index in [-0.39, 0.29) is 0 Å². The van der Waals surface area contributed by atoms with E-state index in [1.807, 2.05) is 0 Å². The zero-order valence-electron chi connectivity index (χ0n) is 12.0. The molecule has 1 aromatic carbocycles. The number of rotatable bonds is 7. The van der Waals surface area contributed by atoms with Crippen molar-refractivity contribution >= 4 is 0 Å². The second-order valence-electron chi connectivity index (χ2n) is 6.23. The third kappa shape index (κ3) is 3.18. The van der Waals surface area contributed by atoms with Crippen LogP contribution in [0.3, 0.4) is 0 Å². The Bertz CT molecular complexity index is 421. The highest BCUT2D eigenvalue weighted by atomic mass is 15.2. The molecule has 3 rings (SSSR count). The molecule has 1 aromatic rings. The summed E-state index contributed by atoms with van der Waals surface area (Å²) in [7, 11) is 0. The van der Waals surface area contributed by atoms with E-state index in [1.54, 1.807) is 0 Å². The molecule has 2 saturated carbocycles. The van der Waals surface area contributed by atoms with Crippen LogP contribution >= 0.6 is 0 Å². The van der Waals surface area contributed by atoms with E-state index < -0.39 is 0 Å². The molecule has 2 nitrogen and oxygen atoms in total. The average molecular weight is 258 g/mol. The average Bonchev–Trinajstić information content (AvgIpc) is 3.31. The Morgan fingerprint density at radius 1 is 1.26 bits per heavy atom. The number of nitrogens with zero attached hydrogens (tertiary/aromatic N) is 1. The van der Waals surface area contributed by atoms with E-state index in [2.05, 4.69) is 36.1 Å². The lowest BCUT2D eigenvalue weighted by molar-refractivity contribution is 0.203. The highest BCUT2D eigenvalue weighted by Gasteiger charge is 2.28. The van der Waals surface area contributed by atoms with Crippen LogP contribution < -0.4 is 5.73 Å². The van der Waals surface area contributed by atoms with Crippen LogP contribution in [-0.2, 0) is 0 Å². The van der Waals surface area contributed by atoms with Crippen molar-refractivity contribution in [2.24, 2.45) is 11.7 Å². The quantitative estimate of drug-likeness (QED) is 0.813. The van der Waals surface area contributed by atoms with Crippen LogP contribution in [0.4, 0.5) is 0 Å². The predicted octanol–water partition coefficient (Wildman–Crippen LogP) is 3.30. The molecule has 2 aliphatic rings. The fourth-order valence-electron chi connectivity index (χ4n) is 3.04. The topological polar surface area (TPSA) is 29.3 Å². The van der Waals surface area contributed by atoms with Gasteiger partial charge < -0.3 is 5.73 Å². The minimum atomic E-state index is 0.407. The molecule has 1 unspecified atom stereocenters. The number of likely N-dealkylation sites (N-methyl/N-ethyl adjacent to an activating group) is 1. The Morgan fingerprint density at radius 2 is 2.05 bits per heavy atom. The first kappa shape index (κ1) is 13.1. The lowest BCUT2D eigenvalue weighted by Gasteiger charge is -2.30. The maximum Gasteiger partial charge on any atom is 0.0470 e. The number of benzene rings is 1. The monoisotopic (exact) mass is 258 g/mol. The summed E-state index contributed by atoms with van der Waals surface area (Å²) in [6, 6.07) is 9.58. The molecule has 19 heavy (non-hydrogen) atoms. The summed E-state index contributed by atoms with van der Waals surface area (Å²) in [4.78, 5) is 2.57. The molecule has 0 bridgehead atoms. The van der Waals surface area contributed by atoms with E-state index in [1.165, 1.54) is 43.4 Å².